The van der Waals surface area contributed by atoms with Gasteiger partial charge < -0.3 is 5.11 Å². The van der Waals surface area contributed by atoms with Crippen LogP contribution in [-0.4, -0.2) is 25.7 Å². The first-order chi connectivity index (χ1) is 7.78. The summed E-state index contributed by atoms with van der Waals surface area (Å²) in [5, 5.41) is 8.76. The monoisotopic (exact) mass is 257 g/mol. The topological polar surface area (TPSA) is 83.5 Å². The predicted molar refractivity (Wildman–Crippen MR) is 65.4 cm³/mol. The van der Waals surface area contributed by atoms with E-state index in [-0.39, 0.29) is 0 Å². The summed E-state index contributed by atoms with van der Waals surface area (Å²) in [4.78, 5) is 10.7. The van der Waals surface area contributed by atoms with Gasteiger partial charge in [0, 0.05) is 5.69 Å². The van der Waals surface area contributed by atoms with Crippen molar-refractivity contribution in [3.05, 3.63) is 29.8 Å². The number of carboxylic acids is 1. The van der Waals surface area contributed by atoms with Gasteiger partial charge in [0.15, 0.2) is 0 Å². The average Bonchev–Trinajstić information content (AvgIpc) is 2.18. The molecule has 0 saturated heterocycles. The molecule has 2 N–H and O–H groups in total. The van der Waals surface area contributed by atoms with Crippen LogP contribution in [0.5, 0.6) is 0 Å². The lowest BCUT2D eigenvalue weighted by atomic mass is 10.0. The van der Waals surface area contributed by atoms with E-state index in [1.807, 2.05) is 0 Å². The van der Waals surface area contributed by atoms with Gasteiger partial charge in [-0.2, -0.15) is 0 Å². The summed E-state index contributed by atoms with van der Waals surface area (Å²) >= 11 is 0. The molecule has 1 aromatic carbocycles. The van der Waals surface area contributed by atoms with Gasteiger partial charge in [-0.25, -0.2) is 8.42 Å². The molecular formula is C11H15NO4S. The lowest BCUT2D eigenvalue weighted by Gasteiger charge is -2.08. The summed E-state index contributed by atoms with van der Waals surface area (Å²) in [6.45, 7) is 1.63. The number of hydrogen-bond acceptors (Lipinski definition) is 3. The van der Waals surface area contributed by atoms with Crippen LogP contribution in [0.4, 0.5) is 5.69 Å². The van der Waals surface area contributed by atoms with E-state index in [0.29, 0.717) is 12.1 Å². The molecule has 0 aromatic heterocycles. The molecule has 1 unspecified atom stereocenters. The zero-order chi connectivity index (χ0) is 13.1. The van der Waals surface area contributed by atoms with Crippen molar-refractivity contribution in [1.82, 2.24) is 0 Å². The van der Waals surface area contributed by atoms with Crippen LogP contribution in [0.15, 0.2) is 24.3 Å². The minimum absolute atomic E-state index is 0.425. The maximum absolute atomic E-state index is 11.0. The molecule has 0 amide bonds. The third-order valence-corrected chi connectivity index (χ3v) is 2.83. The van der Waals surface area contributed by atoms with Crippen molar-refractivity contribution in [3.8, 4) is 0 Å². The van der Waals surface area contributed by atoms with Gasteiger partial charge >= 0.3 is 5.97 Å². The first kappa shape index (κ1) is 13.5. The zero-order valence-electron chi connectivity index (χ0n) is 9.67. The molecule has 1 rings (SSSR count). The highest BCUT2D eigenvalue weighted by Gasteiger charge is 2.11. The van der Waals surface area contributed by atoms with Gasteiger partial charge in [0.25, 0.3) is 0 Å². The molecular weight excluding hydrogens is 242 g/mol. The Hall–Kier alpha value is -1.56. The van der Waals surface area contributed by atoms with Crippen molar-refractivity contribution < 1.29 is 18.3 Å². The Balaban J connectivity index is 2.72. The molecule has 0 aliphatic carbocycles. The Morgan fingerprint density at radius 1 is 1.35 bits per heavy atom. The average molecular weight is 257 g/mol. The standard InChI is InChI=1S/C11H15NO4S/c1-8(11(13)14)7-9-3-5-10(6-4-9)12-17(2,15)16/h3-6,8,12H,7H2,1-2H3,(H,13,14). The van der Waals surface area contributed by atoms with Gasteiger partial charge in [-0.05, 0) is 24.1 Å². The fourth-order valence-corrected chi connectivity index (χ4v) is 1.93. The number of anilines is 1. The minimum Gasteiger partial charge on any atom is -0.481 e. The SMILES string of the molecule is CC(Cc1ccc(NS(C)(=O)=O)cc1)C(=O)O. The largest absolute Gasteiger partial charge is 0.481 e. The molecule has 17 heavy (non-hydrogen) atoms. The molecule has 0 bridgehead atoms. The fraction of sp³-hybridized carbons (Fsp3) is 0.364. The van der Waals surface area contributed by atoms with Crippen LogP contribution in [0.25, 0.3) is 0 Å². The van der Waals surface area contributed by atoms with E-state index in [9.17, 15) is 13.2 Å². The molecule has 5 nitrogen and oxygen atoms in total. The molecule has 0 heterocycles. The van der Waals surface area contributed by atoms with Crippen molar-refractivity contribution in [1.29, 1.82) is 0 Å². The van der Waals surface area contributed by atoms with E-state index >= 15 is 0 Å². The fourth-order valence-electron chi connectivity index (χ4n) is 1.36. The van der Waals surface area contributed by atoms with Crippen LogP contribution in [0, 0.1) is 5.92 Å². The van der Waals surface area contributed by atoms with Gasteiger partial charge in [-0.1, -0.05) is 19.1 Å². The second kappa shape index (κ2) is 5.18. The van der Waals surface area contributed by atoms with Crippen LogP contribution in [-0.2, 0) is 21.2 Å². The summed E-state index contributed by atoms with van der Waals surface area (Å²) < 4.78 is 24.3. The van der Waals surface area contributed by atoms with E-state index in [4.69, 9.17) is 5.11 Å². The van der Waals surface area contributed by atoms with Crippen LogP contribution in [0.1, 0.15) is 12.5 Å². The number of sulfonamides is 1. The number of rotatable bonds is 5. The molecule has 1 aromatic rings. The quantitative estimate of drug-likeness (QED) is 0.833. The van der Waals surface area contributed by atoms with E-state index in [1.54, 1.807) is 31.2 Å². The lowest BCUT2D eigenvalue weighted by molar-refractivity contribution is -0.141. The highest BCUT2D eigenvalue weighted by Crippen LogP contribution is 2.14. The molecule has 0 aliphatic heterocycles. The summed E-state index contributed by atoms with van der Waals surface area (Å²) in [6, 6.07) is 6.66. The number of carboxylic acid groups (broad SMARTS) is 1. The first-order valence-corrected chi connectivity index (χ1v) is 6.96. The molecule has 0 spiro atoms. The Labute approximate surface area is 101 Å². The summed E-state index contributed by atoms with van der Waals surface area (Å²) in [5.41, 5.74) is 1.33. The summed E-state index contributed by atoms with van der Waals surface area (Å²) in [7, 11) is -3.27. The molecule has 0 radical (unpaired) electrons. The highest BCUT2D eigenvalue weighted by molar-refractivity contribution is 7.92. The van der Waals surface area contributed by atoms with Crippen LogP contribution in [0.2, 0.25) is 0 Å². The van der Waals surface area contributed by atoms with Crippen molar-refractivity contribution in [2.24, 2.45) is 5.92 Å². The molecule has 0 fully saturated rings. The van der Waals surface area contributed by atoms with E-state index in [2.05, 4.69) is 4.72 Å². The highest BCUT2D eigenvalue weighted by atomic mass is 32.2. The Kier molecular flexibility index (Phi) is 4.11. The normalized spacial score (nSPS) is 13.1. The maximum Gasteiger partial charge on any atom is 0.306 e. The van der Waals surface area contributed by atoms with Gasteiger partial charge in [0.05, 0.1) is 12.2 Å². The molecule has 94 valence electrons. The Morgan fingerprint density at radius 2 is 1.88 bits per heavy atom. The third kappa shape index (κ3) is 4.86. The molecule has 1 atom stereocenters. The van der Waals surface area contributed by atoms with Gasteiger partial charge in [0.2, 0.25) is 10.0 Å². The first-order valence-electron chi connectivity index (χ1n) is 5.07. The zero-order valence-corrected chi connectivity index (χ0v) is 10.5. The van der Waals surface area contributed by atoms with Crippen LogP contribution < -0.4 is 4.72 Å². The molecule has 0 aliphatic rings. The van der Waals surface area contributed by atoms with Gasteiger partial charge in [0.1, 0.15) is 0 Å². The predicted octanol–water partition coefficient (Wildman–Crippen LogP) is 1.32. The number of benzene rings is 1. The second-order valence-corrected chi connectivity index (χ2v) is 5.76. The van der Waals surface area contributed by atoms with Crippen molar-refractivity contribution >= 4 is 21.7 Å². The van der Waals surface area contributed by atoms with E-state index in [0.717, 1.165) is 11.8 Å². The van der Waals surface area contributed by atoms with Crippen LogP contribution in [0.3, 0.4) is 0 Å². The second-order valence-electron chi connectivity index (χ2n) is 4.01. The number of nitrogens with one attached hydrogen (secondary N) is 1. The minimum atomic E-state index is -3.27. The molecule has 6 heteroatoms. The van der Waals surface area contributed by atoms with E-state index < -0.39 is 21.9 Å². The van der Waals surface area contributed by atoms with Gasteiger partial charge in [-0.15, -0.1) is 0 Å². The number of aliphatic carboxylic acids is 1. The summed E-state index contributed by atoms with van der Waals surface area (Å²) in [6.07, 6.45) is 1.50. The Morgan fingerprint density at radius 3 is 2.29 bits per heavy atom. The van der Waals surface area contributed by atoms with Gasteiger partial charge in [-0.3, -0.25) is 9.52 Å². The Bertz CT molecular complexity index is 493. The van der Waals surface area contributed by atoms with E-state index in [1.165, 1.54) is 0 Å². The number of hydrogen-bond donors (Lipinski definition) is 2. The van der Waals surface area contributed by atoms with Crippen LogP contribution >= 0.6 is 0 Å². The van der Waals surface area contributed by atoms with Crippen molar-refractivity contribution in [2.45, 2.75) is 13.3 Å². The van der Waals surface area contributed by atoms with Crippen molar-refractivity contribution in [3.63, 3.8) is 0 Å². The smallest absolute Gasteiger partial charge is 0.306 e. The summed E-state index contributed by atoms with van der Waals surface area (Å²) in [5.74, 6) is -1.30. The van der Waals surface area contributed by atoms with Crippen molar-refractivity contribution in [2.75, 3.05) is 11.0 Å². The number of carbonyl (C=O) groups is 1. The molecule has 0 saturated carbocycles. The lowest BCUT2D eigenvalue weighted by Crippen LogP contribution is -2.12. The third-order valence-electron chi connectivity index (χ3n) is 2.22. The maximum atomic E-state index is 11.0.